The van der Waals surface area contributed by atoms with E-state index < -0.39 is 0 Å². The van der Waals surface area contributed by atoms with Crippen molar-refractivity contribution >= 4 is 0 Å². The Bertz CT molecular complexity index is 327. The fourth-order valence-electron chi connectivity index (χ4n) is 2.10. The van der Waals surface area contributed by atoms with Crippen LogP contribution in [0.2, 0.25) is 0 Å². The molecular weight excluding hydrogens is 176 g/mol. The van der Waals surface area contributed by atoms with Gasteiger partial charge in [-0.3, -0.25) is 0 Å². The fourth-order valence-corrected chi connectivity index (χ4v) is 2.10. The molecule has 1 unspecified atom stereocenters. The van der Waals surface area contributed by atoms with Crippen molar-refractivity contribution in [2.45, 2.75) is 31.3 Å². The highest BCUT2D eigenvalue weighted by atomic mass is 16.5. The van der Waals surface area contributed by atoms with E-state index in [1.165, 1.54) is 0 Å². The molecule has 1 saturated carbocycles. The number of aliphatic hydroxyl groups is 1. The number of aliphatic hydroxyl groups excluding tert-OH is 1. The lowest BCUT2D eigenvalue weighted by Crippen LogP contribution is -2.23. The van der Waals surface area contributed by atoms with Gasteiger partial charge in [0.15, 0.2) is 0 Å². The molecule has 0 radical (unpaired) electrons. The van der Waals surface area contributed by atoms with Crippen molar-refractivity contribution in [2.75, 3.05) is 7.11 Å². The van der Waals surface area contributed by atoms with E-state index in [4.69, 9.17) is 4.74 Å². The van der Waals surface area contributed by atoms with Crippen LogP contribution in [0.4, 0.5) is 0 Å². The molecule has 0 saturated heterocycles. The summed E-state index contributed by atoms with van der Waals surface area (Å²) < 4.78 is 5.31. The number of ether oxygens (including phenoxy) is 1. The van der Waals surface area contributed by atoms with Crippen LogP contribution in [-0.2, 0) is 5.41 Å². The third kappa shape index (κ3) is 1.30. The zero-order chi connectivity index (χ0) is 10.2. The average molecular weight is 192 g/mol. The van der Waals surface area contributed by atoms with Gasteiger partial charge in [0.05, 0.1) is 13.2 Å². The molecule has 1 aliphatic rings. The van der Waals surface area contributed by atoms with E-state index in [2.05, 4.69) is 6.07 Å². The SMILES string of the molecule is COc1ccccc1C1(C(C)O)CC1. The Morgan fingerprint density at radius 3 is 2.50 bits per heavy atom. The largest absolute Gasteiger partial charge is 0.496 e. The van der Waals surface area contributed by atoms with Crippen LogP contribution in [0.5, 0.6) is 5.75 Å². The van der Waals surface area contributed by atoms with Crippen LogP contribution in [0.15, 0.2) is 24.3 Å². The first-order valence-corrected chi connectivity index (χ1v) is 5.02. The third-order valence-electron chi connectivity index (χ3n) is 3.23. The Morgan fingerprint density at radius 2 is 2.00 bits per heavy atom. The second-order valence-corrected chi connectivity index (χ2v) is 4.03. The molecule has 1 aliphatic carbocycles. The third-order valence-corrected chi connectivity index (χ3v) is 3.23. The Balaban J connectivity index is 2.41. The summed E-state index contributed by atoms with van der Waals surface area (Å²) >= 11 is 0. The van der Waals surface area contributed by atoms with E-state index in [0.29, 0.717) is 0 Å². The molecule has 0 aliphatic heterocycles. The van der Waals surface area contributed by atoms with Crippen molar-refractivity contribution in [3.8, 4) is 5.75 Å². The summed E-state index contributed by atoms with van der Waals surface area (Å²) in [6, 6.07) is 7.97. The van der Waals surface area contributed by atoms with Crippen molar-refractivity contribution in [3.63, 3.8) is 0 Å². The predicted molar refractivity (Wildman–Crippen MR) is 55.6 cm³/mol. The second-order valence-electron chi connectivity index (χ2n) is 4.03. The summed E-state index contributed by atoms with van der Waals surface area (Å²) in [5.74, 6) is 0.894. The van der Waals surface area contributed by atoms with Crippen LogP contribution in [0.25, 0.3) is 0 Å². The van der Waals surface area contributed by atoms with Crippen molar-refractivity contribution in [2.24, 2.45) is 0 Å². The quantitative estimate of drug-likeness (QED) is 0.794. The van der Waals surface area contributed by atoms with Gasteiger partial charge in [0, 0.05) is 11.0 Å². The number of para-hydroxylation sites is 1. The highest BCUT2D eigenvalue weighted by molar-refractivity contribution is 5.44. The molecule has 2 nitrogen and oxygen atoms in total. The molecule has 1 N–H and O–H groups in total. The lowest BCUT2D eigenvalue weighted by Gasteiger charge is -2.21. The zero-order valence-electron chi connectivity index (χ0n) is 8.66. The van der Waals surface area contributed by atoms with Gasteiger partial charge in [-0.05, 0) is 25.8 Å². The first kappa shape index (κ1) is 9.53. The Labute approximate surface area is 84.5 Å². The van der Waals surface area contributed by atoms with Gasteiger partial charge in [0.2, 0.25) is 0 Å². The highest BCUT2D eigenvalue weighted by Gasteiger charge is 2.49. The average Bonchev–Trinajstić information content (AvgIpc) is 2.98. The summed E-state index contributed by atoms with van der Waals surface area (Å²) in [6.45, 7) is 1.86. The lowest BCUT2D eigenvalue weighted by molar-refractivity contribution is 0.149. The van der Waals surface area contributed by atoms with E-state index in [1.807, 2.05) is 25.1 Å². The molecule has 76 valence electrons. The molecule has 0 amide bonds. The Kier molecular flexibility index (Phi) is 2.23. The van der Waals surface area contributed by atoms with Crippen molar-refractivity contribution in [1.29, 1.82) is 0 Å². The standard InChI is InChI=1S/C12H16O2/c1-9(13)12(7-8-12)10-5-3-4-6-11(10)14-2/h3-6,9,13H,7-8H2,1-2H3. The summed E-state index contributed by atoms with van der Waals surface area (Å²) in [4.78, 5) is 0. The maximum atomic E-state index is 9.76. The smallest absolute Gasteiger partial charge is 0.122 e. The Hall–Kier alpha value is -1.02. The van der Waals surface area contributed by atoms with Gasteiger partial charge in [-0.1, -0.05) is 18.2 Å². The minimum atomic E-state index is -0.293. The number of methoxy groups -OCH3 is 1. The normalized spacial score (nSPS) is 20.2. The minimum Gasteiger partial charge on any atom is -0.496 e. The number of hydrogen-bond donors (Lipinski definition) is 1. The summed E-state index contributed by atoms with van der Waals surface area (Å²) in [7, 11) is 1.68. The van der Waals surface area contributed by atoms with Gasteiger partial charge in [-0.25, -0.2) is 0 Å². The lowest BCUT2D eigenvalue weighted by atomic mass is 9.90. The molecule has 0 heterocycles. The van der Waals surface area contributed by atoms with Gasteiger partial charge >= 0.3 is 0 Å². The highest BCUT2D eigenvalue weighted by Crippen LogP contribution is 2.53. The predicted octanol–water partition coefficient (Wildman–Crippen LogP) is 2.11. The van der Waals surface area contributed by atoms with Gasteiger partial charge in [0.1, 0.15) is 5.75 Å². The molecule has 2 rings (SSSR count). The van der Waals surface area contributed by atoms with Gasteiger partial charge in [-0.15, -0.1) is 0 Å². The summed E-state index contributed by atoms with van der Waals surface area (Å²) in [5.41, 5.74) is 1.12. The van der Waals surface area contributed by atoms with Crippen LogP contribution in [0.3, 0.4) is 0 Å². The van der Waals surface area contributed by atoms with E-state index in [-0.39, 0.29) is 11.5 Å². The summed E-state index contributed by atoms with van der Waals surface area (Å²) in [5, 5.41) is 9.76. The molecule has 14 heavy (non-hydrogen) atoms. The molecule has 1 aromatic carbocycles. The van der Waals surface area contributed by atoms with Gasteiger partial charge in [-0.2, -0.15) is 0 Å². The van der Waals surface area contributed by atoms with Gasteiger partial charge < -0.3 is 9.84 Å². The zero-order valence-corrected chi connectivity index (χ0v) is 8.66. The van der Waals surface area contributed by atoms with Crippen molar-refractivity contribution in [1.82, 2.24) is 0 Å². The molecule has 1 aromatic rings. The Morgan fingerprint density at radius 1 is 1.36 bits per heavy atom. The van der Waals surface area contributed by atoms with Crippen LogP contribution >= 0.6 is 0 Å². The van der Waals surface area contributed by atoms with E-state index in [0.717, 1.165) is 24.2 Å². The number of hydrogen-bond acceptors (Lipinski definition) is 2. The maximum Gasteiger partial charge on any atom is 0.122 e. The number of rotatable bonds is 3. The fraction of sp³-hybridized carbons (Fsp3) is 0.500. The van der Waals surface area contributed by atoms with Crippen molar-refractivity contribution < 1.29 is 9.84 Å². The van der Waals surface area contributed by atoms with Crippen molar-refractivity contribution in [3.05, 3.63) is 29.8 Å². The molecule has 1 fully saturated rings. The van der Waals surface area contributed by atoms with Crippen LogP contribution in [0.1, 0.15) is 25.3 Å². The maximum absolute atomic E-state index is 9.76. The molecule has 0 aromatic heterocycles. The minimum absolute atomic E-state index is 0.0351. The van der Waals surface area contributed by atoms with E-state index >= 15 is 0 Å². The van der Waals surface area contributed by atoms with E-state index in [1.54, 1.807) is 7.11 Å². The first-order chi connectivity index (χ1) is 6.70. The van der Waals surface area contributed by atoms with Crippen LogP contribution < -0.4 is 4.74 Å². The second kappa shape index (κ2) is 3.28. The molecule has 0 bridgehead atoms. The topological polar surface area (TPSA) is 29.5 Å². The molecular formula is C12H16O2. The van der Waals surface area contributed by atoms with Crippen LogP contribution in [-0.4, -0.2) is 18.3 Å². The first-order valence-electron chi connectivity index (χ1n) is 5.02. The molecule has 0 spiro atoms. The van der Waals surface area contributed by atoms with E-state index in [9.17, 15) is 5.11 Å². The van der Waals surface area contributed by atoms with Crippen LogP contribution in [0, 0.1) is 0 Å². The van der Waals surface area contributed by atoms with Gasteiger partial charge in [0.25, 0.3) is 0 Å². The molecule has 2 heteroatoms. The molecule has 1 atom stereocenters. The number of benzene rings is 1. The summed E-state index contributed by atoms with van der Waals surface area (Å²) in [6.07, 6.45) is 1.83. The monoisotopic (exact) mass is 192 g/mol.